The van der Waals surface area contributed by atoms with Crippen molar-refractivity contribution in [2.45, 2.75) is 0 Å². The fourth-order valence-corrected chi connectivity index (χ4v) is 6.23. The van der Waals surface area contributed by atoms with Crippen LogP contribution in [0.15, 0.2) is 162 Å². The van der Waals surface area contributed by atoms with E-state index in [2.05, 4.69) is 108 Å². The topological polar surface area (TPSA) is 64.7 Å². The summed E-state index contributed by atoms with van der Waals surface area (Å²) in [6.45, 7) is 0. The summed E-state index contributed by atoms with van der Waals surface area (Å²) in [5.41, 5.74) is 8.71. The van der Waals surface area contributed by atoms with Gasteiger partial charge in [0.1, 0.15) is 5.58 Å². The SMILES string of the molecule is c1ccc(-c2ccc(-c3ccc(-c4nc(-c5ccc6ccccc6c5)nc(-c5cccc6oc7ncccc7c56)n4)cc3)cc2)cc1. The number of aromatic nitrogens is 4. The molecule has 9 rings (SSSR count). The highest BCUT2D eigenvalue weighted by Crippen LogP contribution is 2.36. The van der Waals surface area contributed by atoms with E-state index in [0.29, 0.717) is 23.2 Å². The van der Waals surface area contributed by atoms with Crippen LogP contribution in [0.2, 0.25) is 0 Å². The summed E-state index contributed by atoms with van der Waals surface area (Å²) < 4.78 is 6.10. The second-order valence-electron chi connectivity index (χ2n) is 11.5. The van der Waals surface area contributed by atoms with Crippen molar-refractivity contribution >= 4 is 32.8 Å². The zero-order valence-corrected chi connectivity index (χ0v) is 25.2. The Morgan fingerprint density at radius 3 is 1.74 bits per heavy atom. The third kappa shape index (κ3) is 4.91. The predicted molar refractivity (Wildman–Crippen MR) is 190 cm³/mol. The third-order valence-corrected chi connectivity index (χ3v) is 8.63. The van der Waals surface area contributed by atoms with Crippen LogP contribution in [0.25, 0.3) is 89.3 Å². The van der Waals surface area contributed by atoms with Crippen LogP contribution in [0, 0.1) is 0 Å². The molecule has 5 heteroatoms. The maximum atomic E-state index is 6.10. The van der Waals surface area contributed by atoms with Crippen LogP contribution < -0.4 is 0 Å². The lowest BCUT2D eigenvalue weighted by Gasteiger charge is -2.10. The Hall–Kier alpha value is -6.46. The third-order valence-electron chi connectivity index (χ3n) is 8.63. The Kier molecular flexibility index (Phi) is 6.39. The van der Waals surface area contributed by atoms with Crippen molar-refractivity contribution in [3.05, 3.63) is 158 Å². The van der Waals surface area contributed by atoms with E-state index in [9.17, 15) is 0 Å². The fourth-order valence-electron chi connectivity index (χ4n) is 6.23. The lowest BCUT2D eigenvalue weighted by atomic mass is 9.99. The van der Waals surface area contributed by atoms with E-state index in [-0.39, 0.29) is 0 Å². The molecular weight excluding hydrogens is 576 g/mol. The molecule has 0 radical (unpaired) electrons. The van der Waals surface area contributed by atoms with Crippen molar-refractivity contribution in [2.24, 2.45) is 0 Å². The largest absolute Gasteiger partial charge is 0.438 e. The van der Waals surface area contributed by atoms with Crippen molar-refractivity contribution in [3.63, 3.8) is 0 Å². The summed E-state index contributed by atoms with van der Waals surface area (Å²) in [6.07, 6.45) is 1.74. The minimum absolute atomic E-state index is 0.580. The van der Waals surface area contributed by atoms with E-state index < -0.39 is 0 Å². The van der Waals surface area contributed by atoms with Crippen LogP contribution in [-0.2, 0) is 0 Å². The molecule has 0 aliphatic carbocycles. The van der Waals surface area contributed by atoms with Crippen LogP contribution in [0.5, 0.6) is 0 Å². The summed E-state index contributed by atoms with van der Waals surface area (Å²) in [5.74, 6) is 1.79. The van der Waals surface area contributed by atoms with Gasteiger partial charge in [-0.25, -0.2) is 19.9 Å². The van der Waals surface area contributed by atoms with Gasteiger partial charge in [-0.3, -0.25) is 0 Å². The van der Waals surface area contributed by atoms with Crippen LogP contribution in [-0.4, -0.2) is 19.9 Å². The first kappa shape index (κ1) is 26.9. The highest BCUT2D eigenvalue weighted by Gasteiger charge is 2.18. The first-order valence-electron chi connectivity index (χ1n) is 15.5. The molecule has 0 spiro atoms. The molecule has 47 heavy (non-hydrogen) atoms. The molecule has 0 aliphatic rings. The molecule has 0 amide bonds. The van der Waals surface area contributed by atoms with E-state index in [1.54, 1.807) is 6.20 Å². The van der Waals surface area contributed by atoms with Crippen molar-refractivity contribution in [1.82, 2.24) is 19.9 Å². The van der Waals surface area contributed by atoms with Crippen LogP contribution in [0.4, 0.5) is 0 Å². The summed E-state index contributed by atoms with van der Waals surface area (Å²) in [5, 5.41) is 4.16. The first-order chi connectivity index (χ1) is 23.3. The monoisotopic (exact) mass is 602 g/mol. The van der Waals surface area contributed by atoms with Crippen LogP contribution in [0.1, 0.15) is 0 Å². The number of benzene rings is 6. The minimum atomic E-state index is 0.580. The molecule has 0 unspecified atom stereocenters. The molecule has 0 bridgehead atoms. The summed E-state index contributed by atoms with van der Waals surface area (Å²) >= 11 is 0. The van der Waals surface area contributed by atoms with Gasteiger partial charge < -0.3 is 4.42 Å². The van der Waals surface area contributed by atoms with Crippen molar-refractivity contribution in [2.75, 3.05) is 0 Å². The Balaban J connectivity index is 1.16. The summed E-state index contributed by atoms with van der Waals surface area (Å²) in [6, 6.07) is 52.1. The smallest absolute Gasteiger partial charge is 0.227 e. The molecule has 3 aromatic heterocycles. The van der Waals surface area contributed by atoms with Gasteiger partial charge in [0.05, 0.1) is 0 Å². The Bertz CT molecular complexity index is 2560. The average Bonchev–Trinajstić information content (AvgIpc) is 3.54. The van der Waals surface area contributed by atoms with Crippen molar-refractivity contribution in [1.29, 1.82) is 0 Å². The van der Waals surface area contributed by atoms with Crippen LogP contribution in [0.3, 0.4) is 0 Å². The van der Waals surface area contributed by atoms with Crippen molar-refractivity contribution < 1.29 is 4.42 Å². The Labute approximate surface area is 270 Å². The van der Waals surface area contributed by atoms with Gasteiger partial charge in [0.2, 0.25) is 5.71 Å². The molecule has 220 valence electrons. The van der Waals surface area contributed by atoms with Gasteiger partial charge in [-0.2, -0.15) is 0 Å². The van der Waals surface area contributed by atoms with Gasteiger partial charge in [-0.05, 0) is 57.3 Å². The molecule has 3 heterocycles. The lowest BCUT2D eigenvalue weighted by molar-refractivity contribution is 0.654. The number of pyridine rings is 1. The number of fused-ring (bicyclic) bond motifs is 4. The van der Waals surface area contributed by atoms with E-state index in [0.717, 1.165) is 49.6 Å². The molecule has 5 nitrogen and oxygen atoms in total. The molecule has 0 saturated carbocycles. The molecule has 0 fully saturated rings. The normalized spacial score (nSPS) is 11.4. The van der Waals surface area contributed by atoms with Gasteiger partial charge >= 0.3 is 0 Å². The highest BCUT2D eigenvalue weighted by molar-refractivity contribution is 6.10. The maximum Gasteiger partial charge on any atom is 0.227 e. The standard InChI is InChI=1S/C42H26N4O/c1-2-8-27(9-3-1)29-15-17-30(18-16-29)31-19-22-32(23-20-31)39-44-40(34-24-21-28-10-4-5-11-33(28)26-34)46-41(45-39)35-12-6-14-37-38(35)36-13-7-25-43-42(36)47-37/h1-26H. The Morgan fingerprint density at radius 2 is 1.00 bits per heavy atom. The molecule has 9 aromatic rings. The zero-order chi connectivity index (χ0) is 31.2. The first-order valence-corrected chi connectivity index (χ1v) is 15.5. The molecule has 0 aliphatic heterocycles. The minimum Gasteiger partial charge on any atom is -0.438 e. The van der Waals surface area contributed by atoms with E-state index in [1.165, 1.54) is 16.5 Å². The van der Waals surface area contributed by atoms with Gasteiger partial charge in [-0.15, -0.1) is 0 Å². The van der Waals surface area contributed by atoms with Crippen molar-refractivity contribution in [3.8, 4) is 56.4 Å². The van der Waals surface area contributed by atoms with Gasteiger partial charge in [0.15, 0.2) is 17.5 Å². The predicted octanol–water partition coefficient (Wildman–Crippen LogP) is 10.7. The Morgan fingerprint density at radius 1 is 0.404 bits per heavy atom. The second kappa shape index (κ2) is 11.2. The highest BCUT2D eigenvalue weighted by atomic mass is 16.3. The average molecular weight is 603 g/mol. The van der Waals surface area contributed by atoms with E-state index in [4.69, 9.17) is 19.4 Å². The van der Waals surface area contributed by atoms with E-state index >= 15 is 0 Å². The van der Waals surface area contributed by atoms with E-state index in [1.807, 2.05) is 48.5 Å². The summed E-state index contributed by atoms with van der Waals surface area (Å²) in [4.78, 5) is 19.6. The number of nitrogens with zero attached hydrogens (tertiary/aromatic N) is 4. The second-order valence-corrected chi connectivity index (χ2v) is 11.5. The zero-order valence-electron chi connectivity index (χ0n) is 25.2. The molecule has 0 N–H and O–H groups in total. The molecule has 0 saturated heterocycles. The number of rotatable bonds is 5. The van der Waals surface area contributed by atoms with Gasteiger partial charge in [0.25, 0.3) is 0 Å². The fraction of sp³-hybridized carbons (Fsp3) is 0. The maximum absolute atomic E-state index is 6.10. The number of hydrogen-bond acceptors (Lipinski definition) is 5. The summed E-state index contributed by atoms with van der Waals surface area (Å²) in [7, 11) is 0. The van der Waals surface area contributed by atoms with Gasteiger partial charge in [0, 0.05) is 33.7 Å². The number of furan rings is 1. The molecule has 0 atom stereocenters. The quantitative estimate of drug-likeness (QED) is 0.196. The molecular formula is C42H26N4O. The van der Waals surface area contributed by atoms with Crippen LogP contribution >= 0.6 is 0 Å². The number of hydrogen-bond donors (Lipinski definition) is 0. The molecule has 6 aromatic carbocycles. The van der Waals surface area contributed by atoms with Gasteiger partial charge in [-0.1, -0.05) is 127 Å². The lowest BCUT2D eigenvalue weighted by Crippen LogP contribution is -2.00.